The topological polar surface area (TPSA) is 82.8 Å². The van der Waals surface area contributed by atoms with Crippen LogP contribution >= 0.6 is 12.4 Å². The van der Waals surface area contributed by atoms with Crippen LogP contribution < -0.4 is 20.5 Å². The van der Waals surface area contributed by atoms with E-state index in [4.69, 9.17) is 19.9 Å². The Bertz CT molecular complexity index is 471. The van der Waals surface area contributed by atoms with Crippen molar-refractivity contribution in [1.82, 2.24) is 5.32 Å². The lowest BCUT2D eigenvalue weighted by Gasteiger charge is -2.18. The Morgan fingerprint density at radius 2 is 1.86 bits per heavy atom. The monoisotopic (exact) mass is 332 g/mol. The fourth-order valence-electron chi connectivity index (χ4n) is 2.02. The van der Waals surface area contributed by atoms with Crippen molar-refractivity contribution in [2.45, 2.75) is 25.4 Å². The highest BCUT2D eigenvalue weighted by Crippen LogP contribution is 2.27. The standard InChI is InChI=1S/C15H24N2O4.ClH/c1-10(17-15(18)12(16)9-19-2)7-11-5-6-13(20-3)14(8-11)21-4;/h5-6,8,10,12H,7,9,16H2,1-4H3,(H,17,18);1H. The zero-order valence-corrected chi connectivity index (χ0v) is 14.2. The molecule has 0 bridgehead atoms. The number of carbonyl (C=O) groups excluding carboxylic acids is 1. The minimum Gasteiger partial charge on any atom is -0.493 e. The lowest BCUT2D eigenvalue weighted by molar-refractivity contribution is -0.124. The first-order chi connectivity index (χ1) is 10.0. The molecule has 0 aliphatic rings. The summed E-state index contributed by atoms with van der Waals surface area (Å²) < 4.78 is 15.3. The molecule has 0 aliphatic carbocycles. The van der Waals surface area contributed by atoms with Gasteiger partial charge in [0.15, 0.2) is 11.5 Å². The van der Waals surface area contributed by atoms with E-state index in [1.165, 1.54) is 7.11 Å². The first-order valence-electron chi connectivity index (χ1n) is 6.77. The van der Waals surface area contributed by atoms with Gasteiger partial charge in [-0.3, -0.25) is 4.79 Å². The quantitative estimate of drug-likeness (QED) is 0.746. The van der Waals surface area contributed by atoms with Crippen LogP contribution in [-0.2, 0) is 16.0 Å². The largest absolute Gasteiger partial charge is 0.493 e. The molecule has 3 N–H and O–H groups in total. The van der Waals surface area contributed by atoms with E-state index in [9.17, 15) is 4.79 Å². The van der Waals surface area contributed by atoms with E-state index in [1.807, 2.05) is 25.1 Å². The SMILES string of the molecule is COCC(N)C(=O)NC(C)Cc1ccc(OC)c(OC)c1.Cl. The predicted octanol–water partition coefficient (Wildman–Crippen LogP) is 1.15. The summed E-state index contributed by atoms with van der Waals surface area (Å²) in [5.74, 6) is 1.13. The van der Waals surface area contributed by atoms with Crippen LogP contribution in [0.5, 0.6) is 11.5 Å². The summed E-state index contributed by atoms with van der Waals surface area (Å²) in [5, 5.41) is 2.86. The first kappa shape index (κ1) is 20.5. The Kier molecular flexibility index (Phi) is 9.56. The van der Waals surface area contributed by atoms with Crippen LogP contribution in [0.3, 0.4) is 0 Å². The van der Waals surface area contributed by atoms with E-state index in [0.717, 1.165) is 5.56 Å². The highest BCUT2D eigenvalue weighted by atomic mass is 35.5. The number of amides is 1. The number of hydrogen-bond donors (Lipinski definition) is 2. The number of nitrogens with one attached hydrogen (secondary N) is 1. The van der Waals surface area contributed by atoms with E-state index in [0.29, 0.717) is 17.9 Å². The van der Waals surface area contributed by atoms with Crippen molar-refractivity contribution in [3.05, 3.63) is 23.8 Å². The summed E-state index contributed by atoms with van der Waals surface area (Å²) in [6.07, 6.45) is 0.672. The number of benzene rings is 1. The van der Waals surface area contributed by atoms with E-state index in [-0.39, 0.29) is 31.0 Å². The molecular formula is C15H25ClN2O4. The Morgan fingerprint density at radius 3 is 2.41 bits per heavy atom. The van der Waals surface area contributed by atoms with Crippen LogP contribution in [0.15, 0.2) is 18.2 Å². The molecular weight excluding hydrogens is 308 g/mol. The number of carbonyl (C=O) groups is 1. The lowest BCUT2D eigenvalue weighted by Crippen LogP contribution is -2.47. The summed E-state index contributed by atoms with van der Waals surface area (Å²) in [6, 6.07) is 5.00. The van der Waals surface area contributed by atoms with Crippen LogP contribution in [-0.4, -0.2) is 45.9 Å². The van der Waals surface area contributed by atoms with Gasteiger partial charge in [0, 0.05) is 13.2 Å². The molecule has 0 radical (unpaired) electrons. The smallest absolute Gasteiger partial charge is 0.239 e. The molecule has 0 fully saturated rings. The normalized spacial score (nSPS) is 12.8. The fourth-order valence-corrected chi connectivity index (χ4v) is 2.02. The van der Waals surface area contributed by atoms with Crippen molar-refractivity contribution in [1.29, 1.82) is 0 Å². The Balaban J connectivity index is 0.00000441. The molecule has 0 aliphatic heterocycles. The summed E-state index contributed by atoms with van der Waals surface area (Å²) >= 11 is 0. The molecule has 22 heavy (non-hydrogen) atoms. The van der Waals surface area contributed by atoms with Crippen molar-refractivity contribution in [3.63, 3.8) is 0 Å². The average Bonchev–Trinajstić information content (AvgIpc) is 2.47. The third-order valence-electron chi connectivity index (χ3n) is 3.06. The van der Waals surface area contributed by atoms with Gasteiger partial charge < -0.3 is 25.3 Å². The number of methoxy groups -OCH3 is 3. The molecule has 0 heterocycles. The highest BCUT2D eigenvalue weighted by Gasteiger charge is 2.16. The van der Waals surface area contributed by atoms with Gasteiger partial charge in [0.1, 0.15) is 6.04 Å². The molecule has 0 aromatic heterocycles. The third-order valence-corrected chi connectivity index (χ3v) is 3.06. The van der Waals surface area contributed by atoms with Gasteiger partial charge >= 0.3 is 0 Å². The molecule has 126 valence electrons. The van der Waals surface area contributed by atoms with E-state index < -0.39 is 6.04 Å². The van der Waals surface area contributed by atoms with Crippen molar-refractivity contribution in [3.8, 4) is 11.5 Å². The number of nitrogens with two attached hydrogens (primary N) is 1. The zero-order chi connectivity index (χ0) is 15.8. The molecule has 1 rings (SSSR count). The van der Waals surface area contributed by atoms with Gasteiger partial charge in [0.25, 0.3) is 0 Å². The molecule has 1 aromatic carbocycles. The Hall–Kier alpha value is -1.50. The van der Waals surface area contributed by atoms with Crippen molar-refractivity contribution >= 4 is 18.3 Å². The van der Waals surface area contributed by atoms with Gasteiger partial charge in [-0.05, 0) is 31.0 Å². The van der Waals surface area contributed by atoms with Gasteiger partial charge in [-0.1, -0.05) is 6.07 Å². The van der Waals surface area contributed by atoms with Gasteiger partial charge in [-0.15, -0.1) is 12.4 Å². The highest BCUT2D eigenvalue weighted by molar-refractivity contribution is 5.85. The molecule has 2 atom stereocenters. The maximum absolute atomic E-state index is 11.8. The lowest BCUT2D eigenvalue weighted by atomic mass is 10.1. The summed E-state index contributed by atoms with van der Waals surface area (Å²) in [5.41, 5.74) is 6.72. The van der Waals surface area contributed by atoms with E-state index >= 15 is 0 Å². The zero-order valence-electron chi connectivity index (χ0n) is 13.4. The summed E-state index contributed by atoms with van der Waals surface area (Å²) in [7, 11) is 4.70. The maximum Gasteiger partial charge on any atom is 0.239 e. The van der Waals surface area contributed by atoms with E-state index in [1.54, 1.807) is 14.2 Å². The summed E-state index contributed by atoms with van der Waals surface area (Å²) in [4.78, 5) is 11.8. The number of rotatable bonds is 8. The van der Waals surface area contributed by atoms with Crippen LogP contribution in [0.25, 0.3) is 0 Å². The predicted molar refractivity (Wildman–Crippen MR) is 88.0 cm³/mol. The summed E-state index contributed by atoms with van der Waals surface area (Å²) in [6.45, 7) is 2.13. The minimum absolute atomic E-state index is 0. The van der Waals surface area contributed by atoms with Crippen LogP contribution in [0.1, 0.15) is 12.5 Å². The molecule has 1 amide bonds. The first-order valence-corrected chi connectivity index (χ1v) is 6.77. The Morgan fingerprint density at radius 1 is 1.23 bits per heavy atom. The molecule has 0 spiro atoms. The average molecular weight is 333 g/mol. The second-order valence-corrected chi connectivity index (χ2v) is 4.86. The number of hydrogen-bond acceptors (Lipinski definition) is 5. The number of halogens is 1. The van der Waals surface area contributed by atoms with Gasteiger partial charge in [0.2, 0.25) is 5.91 Å². The molecule has 1 aromatic rings. The molecule has 6 nitrogen and oxygen atoms in total. The van der Waals surface area contributed by atoms with Gasteiger partial charge in [0.05, 0.1) is 20.8 Å². The van der Waals surface area contributed by atoms with Gasteiger partial charge in [-0.2, -0.15) is 0 Å². The maximum atomic E-state index is 11.8. The van der Waals surface area contributed by atoms with Crippen LogP contribution in [0.2, 0.25) is 0 Å². The van der Waals surface area contributed by atoms with Crippen molar-refractivity contribution in [2.75, 3.05) is 27.9 Å². The molecule has 7 heteroatoms. The van der Waals surface area contributed by atoms with E-state index in [2.05, 4.69) is 5.32 Å². The van der Waals surface area contributed by atoms with Crippen LogP contribution in [0, 0.1) is 0 Å². The second kappa shape index (κ2) is 10.3. The molecule has 0 saturated carbocycles. The number of ether oxygens (including phenoxy) is 3. The van der Waals surface area contributed by atoms with Crippen LogP contribution in [0.4, 0.5) is 0 Å². The molecule has 2 unspecified atom stereocenters. The third kappa shape index (κ3) is 6.09. The second-order valence-electron chi connectivity index (χ2n) is 4.86. The molecule has 0 saturated heterocycles. The minimum atomic E-state index is -0.650. The van der Waals surface area contributed by atoms with Crippen molar-refractivity contribution < 1.29 is 19.0 Å². The Labute approximate surface area is 137 Å². The van der Waals surface area contributed by atoms with Crippen molar-refractivity contribution in [2.24, 2.45) is 5.73 Å². The van der Waals surface area contributed by atoms with Gasteiger partial charge in [-0.25, -0.2) is 0 Å². The fraction of sp³-hybridized carbons (Fsp3) is 0.533.